The molecule has 1 atom stereocenters. The first-order chi connectivity index (χ1) is 10.0. The second kappa shape index (κ2) is 7.04. The van der Waals surface area contributed by atoms with E-state index in [0.717, 1.165) is 12.1 Å². The zero-order valence-electron chi connectivity index (χ0n) is 11.9. The minimum Gasteiger partial charge on any atom is -0.350 e. The highest BCUT2D eigenvalue weighted by Gasteiger charge is 2.31. The molecule has 0 aliphatic carbocycles. The lowest BCUT2D eigenvalue weighted by Crippen LogP contribution is -2.41. The second-order valence-electron chi connectivity index (χ2n) is 5.07. The van der Waals surface area contributed by atoms with E-state index in [1.807, 2.05) is 5.32 Å². The van der Waals surface area contributed by atoms with Crippen molar-refractivity contribution in [3.63, 3.8) is 0 Å². The fourth-order valence-corrected chi connectivity index (χ4v) is 1.79. The van der Waals surface area contributed by atoms with Crippen molar-refractivity contribution in [3.8, 4) is 0 Å². The van der Waals surface area contributed by atoms with Gasteiger partial charge >= 0.3 is 6.18 Å². The summed E-state index contributed by atoms with van der Waals surface area (Å²) in [6, 6.07) is 4.58. The molecule has 0 aliphatic rings. The van der Waals surface area contributed by atoms with Crippen LogP contribution in [0.1, 0.15) is 30.4 Å². The summed E-state index contributed by atoms with van der Waals surface area (Å²) in [6.45, 7) is -0.232. The summed E-state index contributed by atoms with van der Waals surface area (Å²) in [5.41, 5.74) is 4.34. The van der Waals surface area contributed by atoms with Gasteiger partial charge in [-0.1, -0.05) is 25.1 Å². The Hall–Kier alpha value is -1.70. The van der Waals surface area contributed by atoms with Gasteiger partial charge in [-0.15, -0.1) is 0 Å². The number of carbonyl (C=O) groups is 1. The second-order valence-corrected chi connectivity index (χ2v) is 5.07. The Morgan fingerprint density at radius 2 is 1.91 bits per heavy atom. The van der Waals surface area contributed by atoms with Crippen LogP contribution in [0.3, 0.4) is 0 Å². The summed E-state index contributed by atoms with van der Waals surface area (Å²) < 4.78 is 63.6. The first-order valence-electron chi connectivity index (χ1n) is 6.57. The Morgan fingerprint density at radius 1 is 1.27 bits per heavy atom. The number of amides is 1. The lowest BCUT2D eigenvalue weighted by molar-refractivity contribution is -0.137. The molecule has 22 heavy (non-hydrogen) atoms. The number of hydrogen-bond donors (Lipinski definition) is 2. The van der Waals surface area contributed by atoms with Crippen molar-refractivity contribution < 1.29 is 26.7 Å². The van der Waals surface area contributed by atoms with Gasteiger partial charge < -0.3 is 11.1 Å². The van der Waals surface area contributed by atoms with Gasteiger partial charge in [0.25, 0.3) is 5.92 Å². The Balaban J connectivity index is 2.65. The predicted molar refractivity (Wildman–Crippen MR) is 71.5 cm³/mol. The van der Waals surface area contributed by atoms with Crippen LogP contribution >= 0.6 is 0 Å². The third-order valence-electron chi connectivity index (χ3n) is 3.12. The predicted octanol–water partition coefficient (Wildman–Crippen LogP) is 2.91. The van der Waals surface area contributed by atoms with Crippen molar-refractivity contribution >= 4 is 5.91 Å². The van der Waals surface area contributed by atoms with Crippen LogP contribution in [0.2, 0.25) is 0 Å². The van der Waals surface area contributed by atoms with Crippen molar-refractivity contribution in [3.05, 3.63) is 35.4 Å². The fraction of sp³-hybridized carbons (Fsp3) is 0.500. The molecule has 0 saturated heterocycles. The molecule has 3 nitrogen and oxygen atoms in total. The molecular weight excluding hydrogens is 307 g/mol. The Kier molecular flexibility index (Phi) is 5.87. The molecule has 0 bridgehead atoms. The van der Waals surface area contributed by atoms with Crippen molar-refractivity contribution in [2.75, 3.05) is 13.1 Å². The van der Waals surface area contributed by atoms with Crippen LogP contribution in [0.25, 0.3) is 0 Å². The summed E-state index contributed by atoms with van der Waals surface area (Å²) in [6.07, 6.45) is -4.66. The number of hydrogen-bond acceptors (Lipinski definition) is 2. The van der Waals surface area contributed by atoms with Gasteiger partial charge in [0.1, 0.15) is 0 Å². The highest BCUT2D eigenvalue weighted by molar-refractivity contribution is 5.76. The van der Waals surface area contributed by atoms with Gasteiger partial charge in [-0.3, -0.25) is 4.79 Å². The molecule has 0 aromatic heterocycles. The summed E-state index contributed by atoms with van der Waals surface area (Å²) in [7, 11) is 0. The first kappa shape index (κ1) is 18.3. The van der Waals surface area contributed by atoms with Crippen LogP contribution < -0.4 is 11.1 Å². The van der Waals surface area contributed by atoms with Crippen LogP contribution in [0.15, 0.2) is 24.3 Å². The molecule has 1 amide bonds. The number of nitrogens with one attached hydrogen (secondary N) is 1. The molecular formula is C14H17F5N2O. The average Bonchev–Trinajstić information content (AvgIpc) is 2.44. The molecule has 0 radical (unpaired) electrons. The van der Waals surface area contributed by atoms with Gasteiger partial charge in [0.15, 0.2) is 0 Å². The molecule has 1 aromatic rings. The maximum absolute atomic E-state index is 12.9. The molecule has 0 heterocycles. The SMILES string of the molecule is CC(CC(=O)NCC(F)(F)CN)c1cccc(C(F)(F)F)c1. The van der Waals surface area contributed by atoms with Crippen molar-refractivity contribution in [2.45, 2.75) is 31.4 Å². The van der Waals surface area contributed by atoms with E-state index in [4.69, 9.17) is 5.73 Å². The van der Waals surface area contributed by atoms with Gasteiger partial charge in [-0.05, 0) is 17.5 Å². The normalized spacial score (nSPS) is 13.8. The van der Waals surface area contributed by atoms with Crippen LogP contribution in [0.5, 0.6) is 0 Å². The molecule has 1 unspecified atom stereocenters. The molecule has 124 valence electrons. The molecule has 3 N–H and O–H groups in total. The number of alkyl halides is 5. The van der Waals surface area contributed by atoms with E-state index in [0.29, 0.717) is 5.56 Å². The van der Waals surface area contributed by atoms with E-state index in [-0.39, 0.29) is 6.42 Å². The summed E-state index contributed by atoms with van der Waals surface area (Å²) >= 11 is 0. The van der Waals surface area contributed by atoms with E-state index >= 15 is 0 Å². The van der Waals surface area contributed by atoms with Crippen molar-refractivity contribution in [2.24, 2.45) is 5.73 Å². The molecule has 1 aromatic carbocycles. The molecule has 0 spiro atoms. The monoisotopic (exact) mass is 324 g/mol. The Bertz CT molecular complexity index is 516. The van der Waals surface area contributed by atoms with Gasteiger partial charge in [-0.25, -0.2) is 8.78 Å². The maximum Gasteiger partial charge on any atom is 0.416 e. The number of halogens is 5. The lowest BCUT2D eigenvalue weighted by atomic mass is 9.95. The third-order valence-corrected chi connectivity index (χ3v) is 3.12. The van der Waals surface area contributed by atoms with Gasteiger partial charge in [0, 0.05) is 6.42 Å². The third kappa shape index (κ3) is 5.59. The van der Waals surface area contributed by atoms with E-state index in [1.165, 1.54) is 12.1 Å². The fourth-order valence-electron chi connectivity index (χ4n) is 1.79. The molecule has 1 rings (SSSR count). The van der Waals surface area contributed by atoms with E-state index in [1.54, 1.807) is 6.92 Å². The van der Waals surface area contributed by atoms with Crippen LogP contribution in [-0.2, 0) is 11.0 Å². The zero-order chi connectivity index (χ0) is 17.0. The first-order valence-corrected chi connectivity index (χ1v) is 6.57. The Labute approximate surface area is 124 Å². The number of rotatable bonds is 6. The standard InChI is InChI=1S/C14H17F5N2O/c1-9(5-12(22)21-8-13(15,16)7-20)10-3-2-4-11(6-10)14(17,18)19/h2-4,6,9H,5,7-8,20H2,1H3,(H,21,22). The Morgan fingerprint density at radius 3 is 2.45 bits per heavy atom. The number of benzene rings is 1. The molecule has 0 fully saturated rings. The van der Waals surface area contributed by atoms with E-state index < -0.39 is 42.6 Å². The van der Waals surface area contributed by atoms with Gasteiger partial charge in [0.05, 0.1) is 18.7 Å². The number of carbonyl (C=O) groups excluding carboxylic acids is 1. The topological polar surface area (TPSA) is 55.1 Å². The van der Waals surface area contributed by atoms with E-state index in [9.17, 15) is 26.7 Å². The van der Waals surface area contributed by atoms with Crippen LogP contribution in [-0.4, -0.2) is 24.9 Å². The van der Waals surface area contributed by atoms with Crippen molar-refractivity contribution in [1.82, 2.24) is 5.32 Å². The zero-order valence-corrected chi connectivity index (χ0v) is 11.9. The average molecular weight is 324 g/mol. The van der Waals surface area contributed by atoms with Gasteiger partial charge in [-0.2, -0.15) is 13.2 Å². The largest absolute Gasteiger partial charge is 0.416 e. The quantitative estimate of drug-likeness (QED) is 0.791. The highest BCUT2D eigenvalue weighted by Crippen LogP contribution is 2.31. The van der Waals surface area contributed by atoms with Crippen molar-refractivity contribution in [1.29, 1.82) is 0 Å². The minimum atomic E-state index is -4.47. The van der Waals surface area contributed by atoms with Crippen LogP contribution in [0, 0.1) is 0 Å². The maximum atomic E-state index is 12.9. The number of nitrogens with two attached hydrogens (primary N) is 1. The lowest BCUT2D eigenvalue weighted by Gasteiger charge is -2.17. The summed E-state index contributed by atoms with van der Waals surface area (Å²) in [5, 5.41) is 2.03. The smallest absolute Gasteiger partial charge is 0.350 e. The van der Waals surface area contributed by atoms with E-state index in [2.05, 4.69) is 0 Å². The molecule has 8 heteroatoms. The molecule has 0 aliphatic heterocycles. The minimum absolute atomic E-state index is 0.192. The summed E-state index contributed by atoms with van der Waals surface area (Å²) in [4.78, 5) is 11.6. The highest BCUT2D eigenvalue weighted by atomic mass is 19.4. The molecule has 0 saturated carbocycles. The summed E-state index contributed by atoms with van der Waals surface area (Å²) in [5.74, 6) is -4.40. The van der Waals surface area contributed by atoms with Crippen LogP contribution in [0.4, 0.5) is 22.0 Å². The van der Waals surface area contributed by atoms with Gasteiger partial charge in [0.2, 0.25) is 5.91 Å².